The Morgan fingerprint density at radius 3 is 1.97 bits per heavy atom. The van der Waals surface area contributed by atoms with Crippen molar-refractivity contribution in [3.8, 4) is 0 Å². The summed E-state index contributed by atoms with van der Waals surface area (Å²) in [6.07, 6.45) is 6.12. The summed E-state index contributed by atoms with van der Waals surface area (Å²) in [5, 5.41) is 0. The Hall–Kier alpha value is -3.68. The first-order valence-electron chi connectivity index (χ1n) is 10.1. The highest BCUT2D eigenvalue weighted by Crippen LogP contribution is 2.51. The van der Waals surface area contributed by atoms with Crippen LogP contribution in [0.25, 0.3) is 5.57 Å². The zero-order valence-electron chi connectivity index (χ0n) is 17.0. The van der Waals surface area contributed by atoms with E-state index in [4.69, 9.17) is 0 Å². The van der Waals surface area contributed by atoms with Gasteiger partial charge in [-0.15, -0.1) is 0 Å². The number of hydrogen-bond donors (Lipinski definition) is 0. The van der Waals surface area contributed by atoms with Crippen LogP contribution in [0.15, 0.2) is 66.3 Å². The first-order chi connectivity index (χ1) is 16.2. The first kappa shape index (κ1) is 22.1. The van der Waals surface area contributed by atoms with Gasteiger partial charge in [0.2, 0.25) is 5.82 Å². The minimum absolute atomic E-state index is 0.00513. The summed E-state index contributed by atoms with van der Waals surface area (Å²) in [4.78, 5) is 0. The minimum Gasteiger partial charge on any atom is -0.207 e. The number of fused-ring (bicyclic) bond motifs is 2. The average molecular weight is 476 g/mol. The van der Waals surface area contributed by atoms with E-state index in [9.17, 15) is 35.1 Å². The van der Waals surface area contributed by atoms with Gasteiger partial charge in [-0.3, -0.25) is 0 Å². The second-order valence-electron chi connectivity index (χ2n) is 7.93. The molecule has 0 amide bonds. The Balaban J connectivity index is 1.88. The van der Waals surface area contributed by atoms with Gasteiger partial charge in [-0.25, -0.2) is 35.1 Å². The maximum absolute atomic E-state index is 14.9. The predicted molar refractivity (Wildman–Crippen MR) is 109 cm³/mol. The van der Waals surface area contributed by atoms with Crippen molar-refractivity contribution in [3.63, 3.8) is 0 Å². The van der Waals surface area contributed by atoms with Gasteiger partial charge in [0.05, 0.1) is 5.56 Å². The van der Waals surface area contributed by atoms with Gasteiger partial charge < -0.3 is 0 Å². The van der Waals surface area contributed by atoms with Crippen molar-refractivity contribution in [2.75, 3.05) is 0 Å². The smallest absolute Gasteiger partial charge is 0.200 e. The maximum atomic E-state index is 14.9. The summed E-state index contributed by atoms with van der Waals surface area (Å²) in [6.45, 7) is 0. The number of hydrogen-bond acceptors (Lipinski definition) is 0. The van der Waals surface area contributed by atoms with E-state index in [1.807, 2.05) is 0 Å². The first-order valence-corrected chi connectivity index (χ1v) is 10.1. The molecule has 8 heteroatoms. The van der Waals surface area contributed by atoms with Crippen molar-refractivity contribution in [2.24, 2.45) is 5.92 Å². The fourth-order valence-corrected chi connectivity index (χ4v) is 4.66. The fourth-order valence-electron chi connectivity index (χ4n) is 4.66. The average Bonchev–Trinajstić information content (AvgIpc) is 2.83. The molecular weight excluding hydrogens is 464 g/mol. The van der Waals surface area contributed by atoms with Crippen molar-refractivity contribution < 1.29 is 35.1 Å². The molecule has 2 unspecified atom stereocenters. The molecule has 0 saturated heterocycles. The molecule has 3 aromatic carbocycles. The summed E-state index contributed by atoms with van der Waals surface area (Å²) < 4.78 is 114. The van der Waals surface area contributed by atoms with Gasteiger partial charge >= 0.3 is 0 Å². The number of benzene rings is 3. The Morgan fingerprint density at radius 1 is 0.618 bits per heavy atom. The number of rotatable bonds is 2. The van der Waals surface area contributed by atoms with E-state index in [1.54, 1.807) is 12.2 Å². The minimum atomic E-state index is -2.30. The lowest BCUT2D eigenvalue weighted by Crippen LogP contribution is -2.24. The van der Waals surface area contributed by atoms with E-state index in [2.05, 4.69) is 0 Å². The van der Waals surface area contributed by atoms with Gasteiger partial charge in [-0.1, -0.05) is 36.4 Å². The Bertz CT molecular complexity index is 1420. The van der Waals surface area contributed by atoms with Crippen LogP contribution < -0.4 is 0 Å². The van der Waals surface area contributed by atoms with Crippen molar-refractivity contribution >= 4 is 5.57 Å². The molecule has 0 saturated carbocycles. The normalized spacial score (nSPS) is 18.8. The van der Waals surface area contributed by atoms with Crippen LogP contribution in [0.3, 0.4) is 0 Å². The molecular formula is C26H12F8. The molecule has 2 atom stereocenters. The second kappa shape index (κ2) is 7.97. The summed E-state index contributed by atoms with van der Waals surface area (Å²) in [6, 6.07) is 6.33. The highest BCUT2D eigenvalue weighted by atomic mass is 19.2. The third kappa shape index (κ3) is 3.20. The van der Waals surface area contributed by atoms with Crippen molar-refractivity contribution in [3.05, 3.63) is 135 Å². The van der Waals surface area contributed by atoms with Gasteiger partial charge in [0, 0.05) is 11.8 Å². The van der Waals surface area contributed by atoms with Crippen LogP contribution in [0.2, 0.25) is 0 Å². The molecule has 0 N–H and O–H groups in total. The second-order valence-corrected chi connectivity index (χ2v) is 7.93. The van der Waals surface area contributed by atoms with Crippen LogP contribution in [0.5, 0.6) is 0 Å². The predicted octanol–water partition coefficient (Wildman–Crippen LogP) is 7.49. The van der Waals surface area contributed by atoms with Gasteiger partial charge in [0.1, 0.15) is 5.82 Å². The van der Waals surface area contributed by atoms with E-state index >= 15 is 0 Å². The molecule has 0 aromatic heterocycles. The lowest BCUT2D eigenvalue weighted by molar-refractivity contribution is 0.376. The lowest BCUT2D eigenvalue weighted by atomic mass is 9.66. The Labute approximate surface area is 188 Å². The molecule has 0 nitrogen and oxygen atoms in total. The third-order valence-electron chi connectivity index (χ3n) is 6.09. The maximum Gasteiger partial charge on any atom is 0.200 e. The lowest BCUT2D eigenvalue weighted by Gasteiger charge is -2.37. The molecule has 0 fully saturated rings. The Kier molecular flexibility index (Phi) is 5.19. The SMILES string of the molecule is Fc1ccc2c(c1)C(c1ccc(F)c(F)c1)C1C=CC=CC1=C2c1c(F)c(F)c(F)c(F)c1F. The van der Waals surface area contributed by atoms with Crippen LogP contribution in [-0.4, -0.2) is 0 Å². The van der Waals surface area contributed by atoms with E-state index in [1.165, 1.54) is 24.3 Å². The number of allylic oxidation sites excluding steroid dienone is 5. The summed E-state index contributed by atoms with van der Waals surface area (Å²) in [5.74, 6) is -15.2. The van der Waals surface area contributed by atoms with E-state index in [-0.39, 0.29) is 27.8 Å². The molecule has 172 valence electrons. The molecule has 0 bridgehead atoms. The Morgan fingerprint density at radius 2 is 1.29 bits per heavy atom. The molecule has 2 aliphatic carbocycles. The molecule has 2 aliphatic rings. The van der Waals surface area contributed by atoms with Crippen molar-refractivity contribution in [2.45, 2.75) is 5.92 Å². The van der Waals surface area contributed by atoms with Crippen LogP contribution in [0.1, 0.15) is 28.2 Å². The zero-order chi connectivity index (χ0) is 24.3. The van der Waals surface area contributed by atoms with Crippen molar-refractivity contribution in [1.29, 1.82) is 0 Å². The summed E-state index contributed by atoms with van der Waals surface area (Å²) in [7, 11) is 0. The third-order valence-corrected chi connectivity index (χ3v) is 6.09. The monoisotopic (exact) mass is 476 g/mol. The zero-order valence-corrected chi connectivity index (χ0v) is 17.0. The molecule has 0 aliphatic heterocycles. The highest BCUT2D eigenvalue weighted by Gasteiger charge is 2.39. The molecule has 5 rings (SSSR count). The molecule has 0 heterocycles. The largest absolute Gasteiger partial charge is 0.207 e. The summed E-state index contributed by atoms with van der Waals surface area (Å²) >= 11 is 0. The fraction of sp³-hybridized carbons (Fsp3) is 0.0769. The van der Waals surface area contributed by atoms with Crippen LogP contribution in [-0.2, 0) is 0 Å². The van der Waals surface area contributed by atoms with Gasteiger partial charge in [0.25, 0.3) is 0 Å². The van der Waals surface area contributed by atoms with E-state index in [0.29, 0.717) is 0 Å². The van der Waals surface area contributed by atoms with Crippen LogP contribution >= 0.6 is 0 Å². The number of halogens is 8. The standard InChI is InChI=1S/C26H12F8/c27-12-6-7-15-16(10-12)19(11-5-8-17(28)18(29)9-11)13-3-1-2-4-14(13)20(15)21-22(30)24(32)26(34)25(33)23(21)31/h1-10,13,19H. The van der Waals surface area contributed by atoms with E-state index < -0.39 is 63.9 Å². The van der Waals surface area contributed by atoms with Gasteiger partial charge in [-0.05, 0) is 52.1 Å². The van der Waals surface area contributed by atoms with Crippen molar-refractivity contribution in [1.82, 2.24) is 0 Å². The van der Waals surface area contributed by atoms with Gasteiger partial charge in [-0.2, -0.15) is 0 Å². The molecule has 0 radical (unpaired) electrons. The highest BCUT2D eigenvalue weighted by molar-refractivity contribution is 5.89. The topological polar surface area (TPSA) is 0 Å². The molecule has 34 heavy (non-hydrogen) atoms. The molecule has 3 aromatic rings. The molecule has 0 spiro atoms. The van der Waals surface area contributed by atoms with Crippen LogP contribution in [0, 0.1) is 52.5 Å². The van der Waals surface area contributed by atoms with Gasteiger partial charge in [0.15, 0.2) is 34.9 Å². The summed E-state index contributed by atoms with van der Waals surface area (Å²) in [5.41, 5.74) is -0.895. The quantitative estimate of drug-likeness (QED) is 0.204. The van der Waals surface area contributed by atoms with E-state index in [0.717, 1.165) is 24.3 Å². The van der Waals surface area contributed by atoms with Crippen LogP contribution in [0.4, 0.5) is 35.1 Å².